The molecule has 0 atom stereocenters. The molecule has 14 nitrogen and oxygen atoms in total. The van der Waals surface area contributed by atoms with Crippen LogP contribution in [0.4, 0.5) is 28.4 Å². The molecule has 1 aliphatic rings. The van der Waals surface area contributed by atoms with Crippen LogP contribution < -0.4 is 0 Å². The van der Waals surface area contributed by atoms with Crippen LogP contribution in [-0.2, 0) is 4.79 Å². The van der Waals surface area contributed by atoms with E-state index in [0.717, 1.165) is 42.0 Å². The maximum Gasteiger partial charge on any atom is 0.290 e. The molecule has 0 spiro atoms. The summed E-state index contributed by atoms with van der Waals surface area (Å²) in [5.41, 5.74) is -0.463. The Kier molecular flexibility index (Phi) is 8.34. The second kappa shape index (κ2) is 11.9. The summed E-state index contributed by atoms with van der Waals surface area (Å²) in [6.45, 7) is 1.88. The average Bonchev–Trinajstić information content (AvgIpc) is 2.92. The van der Waals surface area contributed by atoms with Crippen molar-refractivity contribution in [1.29, 1.82) is 0 Å². The van der Waals surface area contributed by atoms with E-state index in [4.69, 9.17) is 0 Å². The topological polar surface area (TPSA) is 202 Å². The number of non-ortho nitro benzene ring substituents is 2. The van der Waals surface area contributed by atoms with E-state index in [-0.39, 0.29) is 25.3 Å². The second-order valence-electron chi connectivity index (χ2n) is 8.26. The predicted octanol–water partition coefficient (Wildman–Crippen LogP) is 6.64. The fraction of sp³-hybridized carbons (Fsp3) is 0.0400. The molecule has 3 aromatic carbocycles. The number of rotatable bonds is 9. The van der Waals surface area contributed by atoms with Crippen molar-refractivity contribution in [3.63, 3.8) is 0 Å². The van der Waals surface area contributed by atoms with Crippen LogP contribution in [0.1, 0.15) is 5.56 Å². The van der Waals surface area contributed by atoms with Gasteiger partial charge in [0.15, 0.2) is 0 Å². The third kappa shape index (κ3) is 6.68. The molecule has 1 aliphatic carbocycles. The largest absolute Gasteiger partial charge is 0.290 e. The number of benzene rings is 3. The molecule has 41 heavy (non-hydrogen) atoms. The number of thioether (sulfide) groups is 2. The Bertz CT molecular complexity index is 1630. The van der Waals surface area contributed by atoms with E-state index in [1.807, 2.05) is 19.1 Å². The highest BCUT2D eigenvalue weighted by Gasteiger charge is 2.29. The van der Waals surface area contributed by atoms with Crippen LogP contribution in [0.25, 0.3) is 0 Å². The van der Waals surface area contributed by atoms with E-state index in [9.17, 15) is 45.3 Å². The van der Waals surface area contributed by atoms with E-state index in [1.165, 1.54) is 12.2 Å². The summed E-state index contributed by atoms with van der Waals surface area (Å²) in [5.74, 6) is -0.650. The van der Waals surface area contributed by atoms with Crippen molar-refractivity contribution >= 4 is 63.5 Å². The van der Waals surface area contributed by atoms with E-state index < -0.39 is 48.2 Å². The van der Waals surface area contributed by atoms with Crippen LogP contribution in [0.3, 0.4) is 0 Å². The highest BCUT2D eigenvalue weighted by Crippen LogP contribution is 2.43. The van der Waals surface area contributed by atoms with Gasteiger partial charge in [-0.15, -0.1) is 0 Å². The molecule has 0 fully saturated rings. The minimum Gasteiger partial charge on any atom is -0.287 e. The van der Waals surface area contributed by atoms with Gasteiger partial charge in [0.05, 0.1) is 62.8 Å². The molecular weight excluding hydrogens is 578 g/mol. The van der Waals surface area contributed by atoms with Gasteiger partial charge in [-0.2, -0.15) is 0 Å². The van der Waals surface area contributed by atoms with Crippen LogP contribution in [0, 0.1) is 47.4 Å². The minimum atomic E-state index is -0.809. The number of hydrogen-bond acceptors (Lipinski definition) is 12. The Morgan fingerprint density at radius 3 is 1.46 bits per heavy atom. The van der Waals surface area contributed by atoms with Gasteiger partial charge in [0.25, 0.3) is 22.7 Å². The monoisotopic (exact) mass is 593 g/mol. The van der Waals surface area contributed by atoms with Crippen LogP contribution in [0.5, 0.6) is 0 Å². The summed E-state index contributed by atoms with van der Waals surface area (Å²) in [6.07, 6.45) is 2.76. The molecule has 0 amide bonds. The molecule has 3 aromatic rings. The van der Waals surface area contributed by atoms with Gasteiger partial charge in [-0.05, 0) is 43.3 Å². The third-order valence-corrected chi connectivity index (χ3v) is 7.61. The second-order valence-corrected chi connectivity index (χ2v) is 10.4. The van der Waals surface area contributed by atoms with Gasteiger partial charge in [0, 0.05) is 12.1 Å². The summed E-state index contributed by atoms with van der Waals surface area (Å²) in [7, 11) is 0. The molecule has 0 unspecified atom stereocenters. The molecule has 0 radical (unpaired) electrons. The SMILES string of the molecule is Cc1ccc(N=C2C=C(Sc3ccc([N+](=O)[O-])cc3[N+](=O)[O-])C(=O)C(Sc3ccc([N+](=O)[O-])cc3[N+](=O)[O-])=C2)cc1. The molecule has 4 rings (SSSR count). The molecular formula is C25H15N5O9S2. The van der Waals surface area contributed by atoms with Crippen molar-refractivity contribution < 1.29 is 24.5 Å². The Morgan fingerprint density at radius 1 is 0.634 bits per heavy atom. The first-order valence-electron chi connectivity index (χ1n) is 11.3. The van der Waals surface area contributed by atoms with E-state index in [1.54, 1.807) is 12.1 Å². The number of aliphatic imine (C=N–C) groups is 1. The highest BCUT2D eigenvalue weighted by atomic mass is 32.2. The van der Waals surface area contributed by atoms with Crippen LogP contribution >= 0.6 is 23.5 Å². The van der Waals surface area contributed by atoms with Gasteiger partial charge in [0.1, 0.15) is 0 Å². The van der Waals surface area contributed by atoms with Crippen molar-refractivity contribution in [2.45, 2.75) is 16.7 Å². The van der Waals surface area contributed by atoms with Crippen molar-refractivity contribution in [3.05, 3.63) is 129 Å². The molecule has 0 aromatic heterocycles. The summed E-state index contributed by atoms with van der Waals surface area (Å²) in [5, 5.41) is 45.5. The normalized spacial score (nSPS) is 12.8. The number of ketones is 1. The number of nitro benzene ring substituents is 4. The fourth-order valence-corrected chi connectivity index (χ4v) is 5.53. The van der Waals surface area contributed by atoms with Gasteiger partial charge in [0.2, 0.25) is 5.78 Å². The number of allylic oxidation sites excluding steroid dienone is 4. The van der Waals surface area contributed by atoms with Crippen LogP contribution in [0.15, 0.2) is 97.4 Å². The van der Waals surface area contributed by atoms with Gasteiger partial charge < -0.3 is 0 Å². The molecule has 0 saturated carbocycles. The van der Waals surface area contributed by atoms with E-state index >= 15 is 0 Å². The minimum absolute atomic E-state index is 0.0395. The standard InChI is InChI=1S/C25H15N5O9S2/c1-14-2-4-15(5-3-14)26-16-10-23(40-21-8-6-17(27(32)33)12-19(21)29(36)37)25(31)24(11-16)41-22-9-7-18(28(34)35)13-20(22)30(38)39/h2-13H,1H3. The summed E-state index contributed by atoms with van der Waals surface area (Å²) in [6, 6.07) is 13.1. The average molecular weight is 594 g/mol. The first-order valence-corrected chi connectivity index (χ1v) is 12.9. The highest BCUT2D eigenvalue weighted by molar-refractivity contribution is 8.06. The summed E-state index contributed by atoms with van der Waals surface area (Å²) >= 11 is 1.37. The van der Waals surface area contributed by atoms with Crippen molar-refractivity contribution in [2.24, 2.45) is 4.99 Å². The zero-order valence-corrected chi connectivity index (χ0v) is 22.3. The quantitative estimate of drug-likeness (QED) is 0.146. The molecule has 206 valence electrons. The van der Waals surface area contributed by atoms with Crippen molar-refractivity contribution in [1.82, 2.24) is 0 Å². The van der Waals surface area contributed by atoms with Crippen molar-refractivity contribution in [2.75, 3.05) is 0 Å². The smallest absolute Gasteiger partial charge is 0.287 e. The Labute approximate surface area is 238 Å². The Hall–Kier alpha value is -5.22. The molecule has 0 saturated heterocycles. The van der Waals surface area contributed by atoms with E-state index in [0.29, 0.717) is 29.2 Å². The lowest BCUT2D eigenvalue weighted by atomic mass is 10.1. The fourth-order valence-electron chi connectivity index (χ4n) is 3.48. The number of carbonyl (C=O) groups excluding carboxylic acids is 1. The maximum absolute atomic E-state index is 13.5. The number of hydrogen-bond donors (Lipinski definition) is 0. The van der Waals surface area contributed by atoms with E-state index in [2.05, 4.69) is 4.99 Å². The van der Waals surface area contributed by atoms with Crippen molar-refractivity contribution in [3.8, 4) is 0 Å². The summed E-state index contributed by atoms with van der Waals surface area (Å²) < 4.78 is 0. The van der Waals surface area contributed by atoms with Gasteiger partial charge in [-0.25, -0.2) is 4.99 Å². The zero-order valence-electron chi connectivity index (χ0n) is 20.7. The number of aryl methyl sites for hydroxylation is 1. The lowest BCUT2D eigenvalue weighted by molar-refractivity contribution is -0.396. The van der Waals surface area contributed by atoms with Gasteiger partial charge in [-0.1, -0.05) is 41.2 Å². The first-order chi connectivity index (χ1) is 19.4. The summed E-state index contributed by atoms with van der Waals surface area (Å²) in [4.78, 5) is 60.2. The zero-order chi connectivity index (χ0) is 29.8. The van der Waals surface area contributed by atoms with Gasteiger partial charge in [-0.3, -0.25) is 45.3 Å². The number of nitrogens with zero attached hydrogens (tertiary/aromatic N) is 5. The Balaban J connectivity index is 1.79. The third-order valence-electron chi connectivity index (χ3n) is 5.44. The first kappa shape index (κ1) is 28.8. The predicted molar refractivity (Wildman–Crippen MR) is 151 cm³/mol. The molecule has 0 heterocycles. The molecule has 0 N–H and O–H groups in total. The molecule has 16 heteroatoms. The number of carbonyl (C=O) groups is 1. The van der Waals surface area contributed by atoms with Crippen LogP contribution in [0.2, 0.25) is 0 Å². The molecule has 0 bridgehead atoms. The van der Waals surface area contributed by atoms with Gasteiger partial charge >= 0.3 is 0 Å². The molecule has 0 aliphatic heterocycles. The number of Topliss-reactive ketones (excluding diaryl/α,β-unsaturated/α-hetero) is 1. The Morgan fingerprint density at radius 2 is 1.07 bits per heavy atom. The number of nitro groups is 4. The lowest BCUT2D eigenvalue weighted by Crippen LogP contribution is -2.11. The maximum atomic E-state index is 13.5. The van der Waals surface area contributed by atoms with Crippen LogP contribution in [-0.4, -0.2) is 31.2 Å². The lowest BCUT2D eigenvalue weighted by Gasteiger charge is -2.15.